The first kappa shape index (κ1) is 22.8. The van der Waals surface area contributed by atoms with Crippen molar-refractivity contribution in [3.8, 4) is 11.5 Å². The van der Waals surface area contributed by atoms with Crippen LogP contribution in [0.25, 0.3) is 0 Å². The van der Waals surface area contributed by atoms with E-state index in [4.69, 9.17) is 25.8 Å². The number of carbonyl (C=O) groups is 3. The predicted octanol–water partition coefficient (Wildman–Crippen LogP) is 3.45. The molecule has 1 fully saturated rings. The third-order valence-electron chi connectivity index (χ3n) is 4.49. The van der Waals surface area contributed by atoms with Crippen LogP contribution in [0.4, 0.5) is 4.79 Å². The van der Waals surface area contributed by atoms with E-state index in [1.807, 2.05) is 6.92 Å². The zero-order chi connectivity index (χ0) is 21.2. The Bertz CT molecular complexity index is 734. The van der Waals surface area contributed by atoms with E-state index in [9.17, 15) is 14.4 Å². The minimum atomic E-state index is -0.767. The van der Waals surface area contributed by atoms with Crippen LogP contribution in [-0.2, 0) is 9.53 Å². The highest BCUT2D eigenvalue weighted by Crippen LogP contribution is 2.36. The maximum absolute atomic E-state index is 12.2. The maximum Gasteiger partial charge on any atom is 0.338 e. The number of methoxy groups -OCH3 is 1. The zero-order valence-corrected chi connectivity index (χ0v) is 17.5. The fourth-order valence-corrected chi connectivity index (χ4v) is 3.23. The zero-order valence-electron chi connectivity index (χ0n) is 16.7. The van der Waals surface area contributed by atoms with Crippen LogP contribution in [0.2, 0.25) is 5.02 Å². The number of amides is 3. The second kappa shape index (κ2) is 11.5. The summed E-state index contributed by atoms with van der Waals surface area (Å²) >= 11 is 6.20. The molecule has 0 heterocycles. The molecule has 0 spiro atoms. The number of esters is 1. The Kier molecular flexibility index (Phi) is 9.05. The molecule has 1 aromatic carbocycles. The lowest BCUT2D eigenvalue weighted by Gasteiger charge is -2.14. The molecule has 0 aliphatic heterocycles. The van der Waals surface area contributed by atoms with Crippen molar-refractivity contribution in [2.75, 3.05) is 20.3 Å². The van der Waals surface area contributed by atoms with Gasteiger partial charge >= 0.3 is 12.0 Å². The predicted molar refractivity (Wildman–Crippen MR) is 108 cm³/mol. The van der Waals surface area contributed by atoms with Gasteiger partial charge in [-0.05, 0) is 31.4 Å². The Labute approximate surface area is 175 Å². The summed E-state index contributed by atoms with van der Waals surface area (Å²) in [6, 6.07) is 2.31. The topological polar surface area (TPSA) is 103 Å². The molecule has 8 nitrogen and oxygen atoms in total. The van der Waals surface area contributed by atoms with Crippen molar-refractivity contribution in [3.63, 3.8) is 0 Å². The molecule has 0 unspecified atom stereocenters. The van der Waals surface area contributed by atoms with Gasteiger partial charge in [-0.15, -0.1) is 0 Å². The number of rotatable bonds is 9. The van der Waals surface area contributed by atoms with Crippen molar-refractivity contribution in [2.24, 2.45) is 0 Å². The molecule has 3 amide bonds. The van der Waals surface area contributed by atoms with Crippen LogP contribution in [0.1, 0.15) is 55.8 Å². The molecule has 0 atom stereocenters. The van der Waals surface area contributed by atoms with Gasteiger partial charge in [0.2, 0.25) is 0 Å². The lowest BCUT2D eigenvalue weighted by molar-refractivity contribution is -0.123. The Balaban J connectivity index is 1.88. The lowest BCUT2D eigenvalue weighted by atomic mass is 10.2. The number of hydrogen-bond donors (Lipinski definition) is 2. The summed E-state index contributed by atoms with van der Waals surface area (Å²) < 4.78 is 15.8. The molecule has 0 bridgehead atoms. The van der Waals surface area contributed by atoms with Crippen LogP contribution in [0.3, 0.4) is 0 Å². The molecule has 0 aromatic heterocycles. The molecule has 2 rings (SSSR count). The first-order chi connectivity index (χ1) is 13.9. The fraction of sp³-hybridized carbons (Fsp3) is 0.550. The molecule has 9 heteroatoms. The van der Waals surface area contributed by atoms with Crippen LogP contribution in [0, 0.1) is 0 Å². The van der Waals surface area contributed by atoms with Gasteiger partial charge in [0.1, 0.15) is 0 Å². The molecular weight excluding hydrogens is 400 g/mol. The number of benzene rings is 1. The molecule has 1 aliphatic rings. The van der Waals surface area contributed by atoms with E-state index in [0.29, 0.717) is 18.1 Å². The van der Waals surface area contributed by atoms with E-state index >= 15 is 0 Å². The van der Waals surface area contributed by atoms with Gasteiger partial charge in [0, 0.05) is 6.04 Å². The van der Waals surface area contributed by atoms with Gasteiger partial charge in [0.05, 0.1) is 24.3 Å². The highest BCUT2D eigenvalue weighted by atomic mass is 35.5. The number of ether oxygens (including phenoxy) is 3. The van der Waals surface area contributed by atoms with Gasteiger partial charge in [-0.25, -0.2) is 9.59 Å². The van der Waals surface area contributed by atoms with Gasteiger partial charge < -0.3 is 19.5 Å². The van der Waals surface area contributed by atoms with Gasteiger partial charge in [-0.1, -0.05) is 37.8 Å². The second-order valence-corrected chi connectivity index (χ2v) is 7.18. The summed E-state index contributed by atoms with van der Waals surface area (Å²) in [7, 11) is 1.43. The molecule has 1 saturated carbocycles. The number of hydrogen-bond acceptors (Lipinski definition) is 6. The van der Waals surface area contributed by atoms with Crippen molar-refractivity contribution < 1.29 is 28.6 Å². The molecule has 1 aromatic rings. The van der Waals surface area contributed by atoms with Crippen LogP contribution in [0.15, 0.2) is 12.1 Å². The van der Waals surface area contributed by atoms with E-state index < -0.39 is 24.5 Å². The Morgan fingerprint density at radius 1 is 1.21 bits per heavy atom. The molecular formula is C20H27ClN2O6. The average Bonchev–Trinajstić information content (AvgIpc) is 3.19. The van der Waals surface area contributed by atoms with Crippen molar-refractivity contribution in [2.45, 2.75) is 51.5 Å². The van der Waals surface area contributed by atoms with E-state index in [0.717, 1.165) is 38.5 Å². The minimum Gasteiger partial charge on any atom is -0.493 e. The van der Waals surface area contributed by atoms with Gasteiger partial charge in [0.15, 0.2) is 18.1 Å². The van der Waals surface area contributed by atoms with E-state index in [-0.39, 0.29) is 16.6 Å². The molecule has 1 aliphatic carbocycles. The van der Waals surface area contributed by atoms with Crippen LogP contribution >= 0.6 is 11.6 Å². The van der Waals surface area contributed by atoms with Gasteiger partial charge in [-0.2, -0.15) is 0 Å². The third-order valence-corrected chi connectivity index (χ3v) is 4.77. The molecule has 2 N–H and O–H groups in total. The molecule has 160 valence electrons. The van der Waals surface area contributed by atoms with E-state index in [1.165, 1.54) is 19.2 Å². The summed E-state index contributed by atoms with van der Waals surface area (Å²) in [6.45, 7) is 1.92. The fourth-order valence-electron chi connectivity index (χ4n) is 2.97. The lowest BCUT2D eigenvalue weighted by Crippen LogP contribution is -2.44. The van der Waals surface area contributed by atoms with Gasteiger partial charge in [-0.3, -0.25) is 10.1 Å². The SMILES string of the molecule is CCCCOc1c(Cl)cc(C(=O)OCC(=O)NC(=O)NC2CCCC2)cc1OC. The monoisotopic (exact) mass is 426 g/mol. The Morgan fingerprint density at radius 2 is 1.93 bits per heavy atom. The van der Waals surface area contributed by atoms with Crippen molar-refractivity contribution in [3.05, 3.63) is 22.7 Å². The Morgan fingerprint density at radius 3 is 2.59 bits per heavy atom. The Hall–Kier alpha value is -2.48. The van der Waals surface area contributed by atoms with Crippen molar-refractivity contribution in [1.29, 1.82) is 0 Å². The van der Waals surface area contributed by atoms with Crippen molar-refractivity contribution in [1.82, 2.24) is 10.6 Å². The van der Waals surface area contributed by atoms with Crippen LogP contribution in [-0.4, -0.2) is 44.3 Å². The molecule has 0 saturated heterocycles. The van der Waals surface area contributed by atoms with Crippen LogP contribution in [0.5, 0.6) is 11.5 Å². The summed E-state index contributed by atoms with van der Waals surface area (Å²) in [5.41, 5.74) is 0.109. The highest BCUT2D eigenvalue weighted by molar-refractivity contribution is 6.32. The second-order valence-electron chi connectivity index (χ2n) is 6.77. The third kappa shape index (κ3) is 7.12. The smallest absolute Gasteiger partial charge is 0.338 e. The summed E-state index contributed by atoms with van der Waals surface area (Å²) in [5.74, 6) is -0.843. The summed E-state index contributed by atoms with van der Waals surface area (Å²) in [6.07, 6.45) is 5.74. The first-order valence-electron chi connectivity index (χ1n) is 9.72. The average molecular weight is 427 g/mol. The number of urea groups is 1. The number of unbranched alkanes of at least 4 members (excludes halogenated alkanes) is 1. The molecule has 0 radical (unpaired) electrons. The summed E-state index contributed by atoms with van der Waals surface area (Å²) in [4.78, 5) is 35.8. The number of halogens is 1. The number of nitrogens with one attached hydrogen (secondary N) is 2. The van der Waals surface area contributed by atoms with E-state index in [1.54, 1.807) is 0 Å². The highest BCUT2D eigenvalue weighted by Gasteiger charge is 2.20. The van der Waals surface area contributed by atoms with E-state index in [2.05, 4.69) is 10.6 Å². The minimum absolute atomic E-state index is 0.0815. The van der Waals surface area contributed by atoms with Gasteiger partial charge in [0.25, 0.3) is 5.91 Å². The molecule has 29 heavy (non-hydrogen) atoms. The number of imide groups is 1. The van der Waals surface area contributed by atoms with Crippen molar-refractivity contribution >= 4 is 29.5 Å². The number of carbonyl (C=O) groups excluding carboxylic acids is 3. The quantitative estimate of drug-likeness (QED) is 0.463. The first-order valence-corrected chi connectivity index (χ1v) is 10.1. The summed E-state index contributed by atoms with van der Waals surface area (Å²) in [5, 5.41) is 5.07. The van der Waals surface area contributed by atoms with Crippen LogP contribution < -0.4 is 20.1 Å². The largest absolute Gasteiger partial charge is 0.493 e. The standard InChI is InChI=1S/C20H27ClN2O6/c1-3-4-9-28-18-15(21)10-13(11-16(18)27-2)19(25)29-12-17(24)23-20(26)22-14-7-5-6-8-14/h10-11,14H,3-9,12H2,1-2H3,(H2,22,23,24,26). The normalized spacial score (nSPS) is 13.6. The maximum atomic E-state index is 12.2.